The lowest BCUT2D eigenvalue weighted by Gasteiger charge is -2.14. The van der Waals surface area contributed by atoms with Crippen molar-refractivity contribution in [1.82, 2.24) is 9.55 Å². The van der Waals surface area contributed by atoms with Gasteiger partial charge in [-0.25, -0.2) is 4.98 Å². The molecule has 6 heteroatoms. The molecule has 0 aliphatic rings. The summed E-state index contributed by atoms with van der Waals surface area (Å²) in [5, 5.41) is 9.86. The molecular weight excluding hydrogens is 310 g/mol. The van der Waals surface area contributed by atoms with Crippen LogP contribution in [0.5, 0.6) is 5.75 Å². The zero-order chi connectivity index (χ0) is 16.2. The van der Waals surface area contributed by atoms with Crippen molar-refractivity contribution in [1.29, 1.82) is 5.26 Å². The van der Waals surface area contributed by atoms with Crippen LogP contribution in [0.1, 0.15) is 0 Å². The molecule has 0 aliphatic carbocycles. The number of rotatable bonds is 4. The van der Waals surface area contributed by atoms with Crippen LogP contribution >= 0.6 is 11.8 Å². The van der Waals surface area contributed by atoms with Gasteiger partial charge >= 0.3 is 0 Å². The second-order valence-corrected chi connectivity index (χ2v) is 5.61. The van der Waals surface area contributed by atoms with Crippen molar-refractivity contribution in [2.45, 2.75) is 5.16 Å². The Kier molecular flexibility index (Phi) is 4.31. The average molecular weight is 323 g/mol. The molecule has 0 unspecified atom stereocenters. The van der Waals surface area contributed by atoms with E-state index < -0.39 is 0 Å². The molecule has 0 atom stereocenters. The summed E-state index contributed by atoms with van der Waals surface area (Å²) >= 11 is 1.23. The second kappa shape index (κ2) is 6.55. The van der Waals surface area contributed by atoms with Crippen LogP contribution in [-0.4, -0.2) is 22.4 Å². The Bertz CT molecular complexity index is 960. The molecule has 0 fully saturated rings. The van der Waals surface area contributed by atoms with E-state index in [0.29, 0.717) is 27.5 Å². The van der Waals surface area contributed by atoms with Crippen LogP contribution in [0.2, 0.25) is 0 Å². The van der Waals surface area contributed by atoms with Gasteiger partial charge in [-0.1, -0.05) is 36.0 Å². The first-order valence-corrected chi connectivity index (χ1v) is 7.89. The van der Waals surface area contributed by atoms with E-state index in [4.69, 9.17) is 10.00 Å². The standard InChI is InChI=1S/C17H13N3O2S/c1-22-15-9-5-4-8-14(15)20-16(21)12-6-2-3-7-13(12)19-17(20)23-11-10-18/h2-9H,11H2,1H3. The van der Waals surface area contributed by atoms with Gasteiger partial charge in [0.15, 0.2) is 5.16 Å². The first-order chi connectivity index (χ1) is 11.3. The Balaban J connectivity index is 2.35. The van der Waals surface area contributed by atoms with E-state index in [9.17, 15) is 4.79 Å². The fraction of sp³-hybridized carbons (Fsp3) is 0.118. The van der Waals surface area contributed by atoms with Crippen molar-refractivity contribution in [2.24, 2.45) is 0 Å². The minimum absolute atomic E-state index is 0.180. The summed E-state index contributed by atoms with van der Waals surface area (Å²) in [6.45, 7) is 0. The monoisotopic (exact) mass is 323 g/mol. The predicted molar refractivity (Wildman–Crippen MR) is 90.2 cm³/mol. The van der Waals surface area contributed by atoms with Crippen LogP contribution < -0.4 is 10.3 Å². The van der Waals surface area contributed by atoms with Crippen molar-refractivity contribution in [3.05, 3.63) is 58.9 Å². The van der Waals surface area contributed by atoms with Crippen LogP contribution in [0, 0.1) is 11.3 Å². The van der Waals surface area contributed by atoms with Gasteiger partial charge in [0.1, 0.15) is 5.75 Å². The van der Waals surface area contributed by atoms with Gasteiger partial charge in [-0.3, -0.25) is 9.36 Å². The zero-order valence-corrected chi connectivity index (χ0v) is 13.2. The lowest BCUT2D eigenvalue weighted by Crippen LogP contribution is -2.22. The van der Waals surface area contributed by atoms with Gasteiger partial charge in [0.2, 0.25) is 0 Å². The molecule has 0 amide bonds. The molecular formula is C17H13N3O2S. The number of para-hydroxylation sites is 3. The highest BCUT2D eigenvalue weighted by Crippen LogP contribution is 2.26. The lowest BCUT2D eigenvalue weighted by atomic mass is 10.2. The maximum Gasteiger partial charge on any atom is 0.266 e. The van der Waals surface area contributed by atoms with Crippen molar-refractivity contribution < 1.29 is 4.74 Å². The third-order valence-corrected chi connectivity index (χ3v) is 4.14. The average Bonchev–Trinajstić information content (AvgIpc) is 2.60. The van der Waals surface area contributed by atoms with Gasteiger partial charge in [-0.2, -0.15) is 5.26 Å². The van der Waals surface area contributed by atoms with E-state index in [1.165, 1.54) is 16.3 Å². The quantitative estimate of drug-likeness (QED) is 0.545. The summed E-state index contributed by atoms with van der Waals surface area (Å²) in [5.74, 6) is 0.783. The fourth-order valence-electron chi connectivity index (χ4n) is 2.33. The first-order valence-electron chi connectivity index (χ1n) is 6.91. The van der Waals surface area contributed by atoms with Crippen LogP contribution in [-0.2, 0) is 0 Å². The highest BCUT2D eigenvalue weighted by molar-refractivity contribution is 7.99. The second-order valence-electron chi connectivity index (χ2n) is 4.67. The van der Waals surface area contributed by atoms with Crippen molar-refractivity contribution >= 4 is 22.7 Å². The Labute approximate surface area is 137 Å². The fourth-order valence-corrected chi connectivity index (χ4v) is 3.00. The summed E-state index contributed by atoms with van der Waals surface area (Å²) in [6, 6.07) is 16.5. The normalized spacial score (nSPS) is 10.4. The first kappa shape index (κ1) is 15.1. The van der Waals surface area contributed by atoms with E-state index in [1.807, 2.05) is 18.2 Å². The summed E-state index contributed by atoms with van der Waals surface area (Å²) < 4.78 is 6.87. The van der Waals surface area contributed by atoms with E-state index in [-0.39, 0.29) is 11.3 Å². The van der Waals surface area contributed by atoms with E-state index in [2.05, 4.69) is 11.1 Å². The van der Waals surface area contributed by atoms with Gasteiger partial charge in [0.25, 0.3) is 5.56 Å². The molecule has 2 aromatic carbocycles. The molecule has 5 nitrogen and oxygen atoms in total. The smallest absolute Gasteiger partial charge is 0.266 e. The summed E-state index contributed by atoms with van der Waals surface area (Å²) in [5.41, 5.74) is 1.04. The Hall–Kier alpha value is -2.78. The van der Waals surface area contributed by atoms with Crippen molar-refractivity contribution in [3.8, 4) is 17.5 Å². The summed E-state index contributed by atoms with van der Waals surface area (Å²) in [4.78, 5) is 17.5. The molecule has 0 saturated heterocycles. The van der Waals surface area contributed by atoms with Crippen LogP contribution in [0.4, 0.5) is 0 Å². The molecule has 3 aromatic rings. The number of aromatic nitrogens is 2. The van der Waals surface area contributed by atoms with Gasteiger partial charge in [0, 0.05) is 0 Å². The van der Waals surface area contributed by atoms with Crippen LogP contribution in [0.25, 0.3) is 16.6 Å². The van der Waals surface area contributed by atoms with Crippen LogP contribution in [0.15, 0.2) is 58.5 Å². The number of ether oxygens (including phenoxy) is 1. The van der Waals surface area contributed by atoms with E-state index in [0.717, 1.165) is 0 Å². The summed E-state index contributed by atoms with van der Waals surface area (Å²) in [7, 11) is 1.56. The molecule has 0 spiro atoms. The molecule has 23 heavy (non-hydrogen) atoms. The topological polar surface area (TPSA) is 67.9 Å². The zero-order valence-electron chi connectivity index (χ0n) is 12.4. The molecule has 0 N–H and O–H groups in total. The minimum atomic E-state index is -0.180. The highest BCUT2D eigenvalue weighted by Gasteiger charge is 2.15. The third kappa shape index (κ3) is 2.79. The molecule has 114 valence electrons. The van der Waals surface area contributed by atoms with Crippen molar-refractivity contribution in [2.75, 3.05) is 12.9 Å². The number of hydrogen-bond donors (Lipinski definition) is 0. The van der Waals surface area contributed by atoms with Gasteiger partial charge in [-0.15, -0.1) is 0 Å². The SMILES string of the molecule is COc1ccccc1-n1c(SCC#N)nc2ccccc2c1=O. The number of thioether (sulfide) groups is 1. The Morgan fingerprint density at radius 1 is 1.22 bits per heavy atom. The third-order valence-electron chi connectivity index (χ3n) is 3.34. The van der Waals surface area contributed by atoms with E-state index >= 15 is 0 Å². The Morgan fingerprint density at radius 2 is 1.96 bits per heavy atom. The molecule has 3 rings (SSSR count). The number of hydrogen-bond acceptors (Lipinski definition) is 5. The molecule has 1 heterocycles. The molecule has 0 radical (unpaired) electrons. The minimum Gasteiger partial charge on any atom is -0.495 e. The Morgan fingerprint density at radius 3 is 2.74 bits per heavy atom. The maximum absolute atomic E-state index is 13.0. The molecule has 0 aliphatic heterocycles. The van der Waals surface area contributed by atoms with Gasteiger partial charge in [0.05, 0.1) is 35.5 Å². The molecule has 0 bridgehead atoms. The number of fused-ring (bicyclic) bond motifs is 1. The number of methoxy groups -OCH3 is 1. The predicted octanol–water partition coefficient (Wildman–Crippen LogP) is 3.01. The number of nitrogens with zero attached hydrogens (tertiary/aromatic N) is 3. The lowest BCUT2D eigenvalue weighted by molar-refractivity contribution is 0.411. The van der Waals surface area contributed by atoms with Crippen LogP contribution in [0.3, 0.4) is 0 Å². The van der Waals surface area contributed by atoms with Gasteiger partial charge in [-0.05, 0) is 24.3 Å². The molecule has 0 saturated carbocycles. The van der Waals surface area contributed by atoms with Crippen molar-refractivity contribution in [3.63, 3.8) is 0 Å². The van der Waals surface area contributed by atoms with Gasteiger partial charge < -0.3 is 4.74 Å². The van der Waals surface area contributed by atoms with E-state index in [1.54, 1.807) is 37.4 Å². The molecule has 1 aromatic heterocycles. The maximum atomic E-state index is 13.0. The largest absolute Gasteiger partial charge is 0.495 e. The number of nitriles is 1. The summed E-state index contributed by atoms with van der Waals surface area (Å²) in [6.07, 6.45) is 0. The number of benzene rings is 2. The highest BCUT2D eigenvalue weighted by atomic mass is 32.2.